The molecule has 1 amide bonds. The number of hydrogen-bond acceptors (Lipinski definition) is 2. The van der Waals surface area contributed by atoms with Crippen LogP contribution in [0, 0.1) is 5.92 Å². The van der Waals surface area contributed by atoms with Gasteiger partial charge in [-0.3, -0.25) is 9.59 Å². The van der Waals surface area contributed by atoms with Gasteiger partial charge in [0.15, 0.2) is 0 Å². The molecule has 0 aromatic carbocycles. The molecule has 0 bridgehead atoms. The van der Waals surface area contributed by atoms with Crippen molar-refractivity contribution in [3.05, 3.63) is 12.2 Å². The summed E-state index contributed by atoms with van der Waals surface area (Å²) in [4.78, 5) is 25.2. The van der Waals surface area contributed by atoms with Crippen LogP contribution in [-0.4, -0.2) is 35.0 Å². The fraction of sp³-hybridized carbons (Fsp3) is 0.810. The smallest absolute Gasteiger partial charge is 0.307 e. The molecule has 0 radical (unpaired) electrons. The number of carbonyl (C=O) groups is 2. The lowest BCUT2D eigenvalue weighted by Crippen LogP contribution is -2.33. The van der Waals surface area contributed by atoms with E-state index in [1.165, 1.54) is 38.5 Å². The van der Waals surface area contributed by atoms with Crippen molar-refractivity contribution in [2.75, 3.05) is 13.1 Å². The second kappa shape index (κ2) is 16.2. The number of carboxylic acids is 1. The topological polar surface area (TPSA) is 57.6 Å². The van der Waals surface area contributed by atoms with Crippen LogP contribution in [0.2, 0.25) is 0 Å². The van der Waals surface area contributed by atoms with Crippen LogP contribution in [0.4, 0.5) is 0 Å². The molecule has 25 heavy (non-hydrogen) atoms. The molecule has 0 fully saturated rings. The van der Waals surface area contributed by atoms with Crippen molar-refractivity contribution < 1.29 is 14.7 Å². The average Bonchev–Trinajstić information content (AvgIpc) is 2.59. The monoisotopic (exact) mass is 353 g/mol. The Kier molecular flexibility index (Phi) is 15.3. The van der Waals surface area contributed by atoms with Gasteiger partial charge in [0.2, 0.25) is 5.91 Å². The van der Waals surface area contributed by atoms with Crippen molar-refractivity contribution in [3.63, 3.8) is 0 Å². The highest BCUT2D eigenvalue weighted by Crippen LogP contribution is 2.17. The molecule has 0 saturated heterocycles. The molecule has 0 aliphatic rings. The molecule has 1 N–H and O–H groups in total. The van der Waals surface area contributed by atoms with Crippen LogP contribution in [0.25, 0.3) is 0 Å². The molecule has 0 aliphatic carbocycles. The largest absolute Gasteiger partial charge is 0.481 e. The first kappa shape index (κ1) is 23.7. The first-order valence-corrected chi connectivity index (χ1v) is 10.2. The number of aliphatic carboxylic acids is 1. The molecular formula is C21H39NO3. The maximum atomic E-state index is 12.1. The zero-order valence-corrected chi connectivity index (χ0v) is 16.6. The Balaban J connectivity index is 3.79. The highest BCUT2D eigenvalue weighted by Gasteiger charge is 2.22. The van der Waals surface area contributed by atoms with E-state index in [4.69, 9.17) is 0 Å². The molecule has 0 aromatic heterocycles. The average molecular weight is 354 g/mol. The Morgan fingerprint density at radius 3 is 1.96 bits per heavy atom. The van der Waals surface area contributed by atoms with Crippen molar-refractivity contribution in [1.29, 1.82) is 0 Å². The lowest BCUT2D eigenvalue weighted by Gasteiger charge is -2.21. The molecule has 146 valence electrons. The summed E-state index contributed by atoms with van der Waals surface area (Å²) >= 11 is 0. The summed E-state index contributed by atoms with van der Waals surface area (Å²) in [6.45, 7) is 7.31. The zero-order valence-electron chi connectivity index (χ0n) is 16.6. The summed E-state index contributed by atoms with van der Waals surface area (Å²) in [6.07, 6.45) is 15.8. The first-order valence-electron chi connectivity index (χ1n) is 10.2. The van der Waals surface area contributed by atoms with E-state index in [-0.39, 0.29) is 12.3 Å². The molecule has 0 aromatic rings. The third-order valence-electron chi connectivity index (χ3n) is 4.71. The van der Waals surface area contributed by atoms with Gasteiger partial charge in [0.05, 0.1) is 5.92 Å². The van der Waals surface area contributed by atoms with E-state index >= 15 is 0 Å². The molecule has 0 rings (SSSR count). The Morgan fingerprint density at radius 2 is 1.44 bits per heavy atom. The molecular weight excluding hydrogens is 314 g/mol. The van der Waals surface area contributed by atoms with Crippen molar-refractivity contribution >= 4 is 11.9 Å². The third-order valence-corrected chi connectivity index (χ3v) is 4.71. The van der Waals surface area contributed by atoms with Crippen molar-refractivity contribution in [2.45, 2.75) is 91.4 Å². The van der Waals surface area contributed by atoms with E-state index in [0.717, 1.165) is 19.3 Å². The Morgan fingerprint density at radius 1 is 0.880 bits per heavy atom. The lowest BCUT2D eigenvalue weighted by atomic mass is 9.96. The number of carbonyl (C=O) groups excluding carboxylic acids is 1. The molecule has 1 atom stereocenters. The van der Waals surface area contributed by atoms with Crippen molar-refractivity contribution in [2.24, 2.45) is 5.92 Å². The fourth-order valence-electron chi connectivity index (χ4n) is 3.05. The summed E-state index contributed by atoms with van der Waals surface area (Å²) in [6, 6.07) is 0. The minimum absolute atomic E-state index is 0.0328. The van der Waals surface area contributed by atoms with Gasteiger partial charge in [-0.2, -0.15) is 0 Å². The maximum Gasteiger partial charge on any atom is 0.307 e. The molecule has 4 heteroatoms. The van der Waals surface area contributed by atoms with Crippen LogP contribution in [0.1, 0.15) is 91.4 Å². The lowest BCUT2D eigenvalue weighted by molar-refractivity contribution is -0.146. The first-order chi connectivity index (χ1) is 12.1. The number of carboxylic acid groups (broad SMARTS) is 1. The van der Waals surface area contributed by atoms with Crippen LogP contribution >= 0.6 is 0 Å². The summed E-state index contributed by atoms with van der Waals surface area (Å²) in [5, 5.41) is 9.33. The Labute approximate surface area is 154 Å². The molecule has 4 nitrogen and oxygen atoms in total. The van der Waals surface area contributed by atoms with Gasteiger partial charge in [-0.15, -0.1) is 0 Å². The van der Waals surface area contributed by atoms with Crippen molar-refractivity contribution in [1.82, 2.24) is 4.90 Å². The van der Waals surface area contributed by atoms with Gasteiger partial charge in [0, 0.05) is 19.5 Å². The summed E-state index contributed by atoms with van der Waals surface area (Å²) in [5.74, 6) is -1.39. The van der Waals surface area contributed by atoms with Gasteiger partial charge in [0.1, 0.15) is 0 Å². The van der Waals surface area contributed by atoms with Gasteiger partial charge < -0.3 is 10.0 Å². The van der Waals surface area contributed by atoms with E-state index in [0.29, 0.717) is 19.5 Å². The Bertz CT molecular complexity index is 375. The number of unbranched alkanes of at least 4 members (excludes halogenated alkanes) is 7. The molecule has 0 heterocycles. The maximum absolute atomic E-state index is 12.1. The third kappa shape index (κ3) is 12.7. The highest BCUT2D eigenvalue weighted by molar-refractivity contribution is 5.82. The van der Waals surface area contributed by atoms with E-state index in [9.17, 15) is 14.7 Å². The standard InChI is InChI=1S/C21H39NO3/c1-4-7-8-9-10-11-12-13-14-15-16-17-19(21(24)25)18-20(23)22(5-2)6-3/h7-8,19H,4-6,9-18H2,1-3H3,(H,24,25)/b8-7+. The number of hydrogen-bond donors (Lipinski definition) is 1. The van der Waals surface area contributed by atoms with Crippen LogP contribution in [0.3, 0.4) is 0 Å². The van der Waals surface area contributed by atoms with Crippen LogP contribution in [-0.2, 0) is 9.59 Å². The van der Waals surface area contributed by atoms with E-state index in [2.05, 4.69) is 19.1 Å². The van der Waals surface area contributed by atoms with Gasteiger partial charge in [-0.05, 0) is 39.5 Å². The predicted molar refractivity (Wildman–Crippen MR) is 105 cm³/mol. The highest BCUT2D eigenvalue weighted by atomic mass is 16.4. The van der Waals surface area contributed by atoms with Crippen LogP contribution in [0.5, 0.6) is 0 Å². The number of rotatable bonds is 16. The van der Waals surface area contributed by atoms with E-state index in [1.807, 2.05) is 13.8 Å². The number of amides is 1. The van der Waals surface area contributed by atoms with E-state index in [1.54, 1.807) is 4.90 Å². The van der Waals surface area contributed by atoms with Crippen LogP contribution in [0.15, 0.2) is 12.2 Å². The predicted octanol–water partition coefficient (Wildman–Crippen LogP) is 5.42. The summed E-state index contributed by atoms with van der Waals surface area (Å²) in [5.41, 5.74) is 0. The second-order valence-corrected chi connectivity index (χ2v) is 6.74. The molecule has 0 aliphatic heterocycles. The van der Waals surface area contributed by atoms with Gasteiger partial charge in [-0.25, -0.2) is 0 Å². The molecule has 0 saturated carbocycles. The van der Waals surface area contributed by atoms with Crippen LogP contribution < -0.4 is 0 Å². The zero-order chi connectivity index (χ0) is 18.9. The van der Waals surface area contributed by atoms with Gasteiger partial charge in [-0.1, -0.05) is 57.6 Å². The number of nitrogens with zero attached hydrogens (tertiary/aromatic N) is 1. The summed E-state index contributed by atoms with van der Waals surface area (Å²) in [7, 11) is 0. The quantitative estimate of drug-likeness (QED) is 0.297. The molecule has 1 unspecified atom stereocenters. The Hall–Kier alpha value is -1.32. The van der Waals surface area contributed by atoms with Gasteiger partial charge >= 0.3 is 5.97 Å². The second-order valence-electron chi connectivity index (χ2n) is 6.74. The normalized spacial score (nSPS) is 12.4. The SMILES string of the molecule is CC/C=C/CCCCCCCCCC(CC(=O)N(CC)CC)C(=O)O. The van der Waals surface area contributed by atoms with E-state index < -0.39 is 11.9 Å². The molecule has 0 spiro atoms. The number of allylic oxidation sites excluding steroid dienone is 2. The minimum atomic E-state index is -0.833. The minimum Gasteiger partial charge on any atom is -0.481 e. The van der Waals surface area contributed by atoms with Gasteiger partial charge in [0.25, 0.3) is 0 Å². The fourth-order valence-corrected chi connectivity index (χ4v) is 3.05. The van der Waals surface area contributed by atoms with Crippen molar-refractivity contribution in [3.8, 4) is 0 Å². The summed E-state index contributed by atoms with van der Waals surface area (Å²) < 4.78 is 0.